The van der Waals surface area contributed by atoms with E-state index in [2.05, 4.69) is 4.98 Å². The third kappa shape index (κ3) is 3.19. The van der Waals surface area contributed by atoms with Crippen LogP contribution >= 0.6 is 0 Å². The molecule has 0 N–H and O–H groups in total. The molecule has 0 atom stereocenters. The maximum atomic E-state index is 11.7. The van der Waals surface area contributed by atoms with Crippen LogP contribution in [0.15, 0.2) is 36.7 Å². The lowest BCUT2D eigenvalue weighted by molar-refractivity contribution is -0.384. The molecule has 0 spiro atoms. The summed E-state index contributed by atoms with van der Waals surface area (Å²) in [5.41, 5.74) is 0.908. The van der Waals surface area contributed by atoms with Crippen molar-refractivity contribution in [1.29, 1.82) is 0 Å². The Kier molecular flexibility index (Phi) is 4.09. The minimum absolute atomic E-state index is 0.0415. The third-order valence-electron chi connectivity index (χ3n) is 2.79. The fourth-order valence-electron chi connectivity index (χ4n) is 1.68. The molecule has 2 rings (SSSR count). The van der Waals surface area contributed by atoms with Gasteiger partial charge < -0.3 is 4.74 Å². The van der Waals surface area contributed by atoms with Crippen molar-refractivity contribution in [3.05, 3.63) is 58.2 Å². The maximum absolute atomic E-state index is 11.7. The van der Waals surface area contributed by atoms with Gasteiger partial charge in [0.2, 0.25) is 0 Å². The molecule has 0 aliphatic rings. The first-order chi connectivity index (χ1) is 9.58. The summed E-state index contributed by atoms with van der Waals surface area (Å²) < 4.78 is 6.41. The molecule has 104 valence electrons. The van der Waals surface area contributed by atoms with Crippen LogP contribution in [0.3, 0.4) is 0 Å². The van der Waals surface area contributed by atoms with Gasteiger partial charge in [-0.3, -0.25) is 10.1 Å². The Balaban J connectivity index is 1.85. The smallest absolute Gasteiger partial charge is 0.419 e. The zero-order valence-corrected chi connectivity index (χ0v) is 10.9. The quantitative estimate of drug-likeness (QED) is 0.631. The van der Waals surface area contributed by atoms with E-state index in [-0.39, 0.29) is 12.3 Å². The standard InChI is InChI=1S/C13H13N3O4/c1-10-14-7-8-15(10)13(17)20-9-6-11-2-4-12(5-3-11)16(18)19/h2-5,7-8H,6,9H2,1H3. The Bertz CT molecular complexity index is 619. The number of carbonyl (C=O) groups excluding carboxylic acids is 1. The average Bonchev–Trinajstić information content (AvgIpc) is 2.85. The molecular formula is C13H13N3O4. The number of nitro groups is 1. The van der Waals surface area contributed by atoms with Crippen LogP contribution in [-0.4, -0.2) is 27.2 Å². The van der Waals surface area contributed by atoms with Crippen LogP contribution in [0.25, 0.3) is 0 Å². The molecule has 0 radical (unpaired) electrons. The zero-order chi connectivity index (χ0) is 14.5. The summed E-state index contributed by atoms with van der Waals surface area (Å²) in [6, 6.07) is 6.15. The van der Waals surface area contributed by atoms with Crippen molar-refractivity contribution in [2.45, 2.75) is 13.3 Å². The van der Waals surface area contributed by atoms with Crippen LogP contribution in [0.4, 0.5) is 10.5 Å². The number of hydrogen-bond acceptors (Lipinski definition) is 5. The van der Waals surface area contributed by atoms with Crippen LogP contribution in [0, 0.1) is 17.0 Å². The molecule has 0 aliphatic heterocycles. The van der Waals surface area contributed by atoms with E-state index in [0.717, 1.165) is 5.56 Å². The van der Waals surface area contributed by atoms with Gasteiger partial charge in [-0.15, -0.1) is 0 Å². The lowest BCUT2D eigenvalue weighted by Gasteiger charge is -2.06. The Morgan fingerprint density at radius 2 is 2.10 bits per heavy atom. The second-order valence-corrected chi connectivity index (χ2v) is 4.13. The molecular weight excluding hydrogens is 262 g/mol. The van der Waals surface area contributed by atoms with Crippen molar-refractivity contribution in [3.63, 3.8) is 0 Å². The first-order valence-corrected chi connectivity index (χ1v) is 5.98. The topological polar surface area (TPSA) is 87.3 Å². The Labute approximate surface area is 115 Å². The summed E-state index contributed by atoms with van der Waals surface area (Å²) in [6.07, 6.45) is 3.07. The van der Waals surface area contributed by atoms with Gasteiger partial charge >= 0.3 is 6.09 Å². The molecule has 20 heavy (non-hydrogen) atoms. The Morgan fingerprint density at radius 3 is 2.65 bits per heavy atom. The normalized spacial score (nSPS) is 10.2. The first-order valence-electron chi connectivity index (χ1n) is 5.98. The van der Waals surface area contributed by atoms with Gasteiger partial charge in [-0.1, -0.05) is 12.1 Å². The SMILES string of the molecule is Cc1nccn1C(=O)OCCc1ccc([N+](=O)[O-])cc1. The molecule has 0 fully saturated rings. The summed E-state index contributed by atoms with van der Waals surface area (Å²) in [4.78, 5) is 25.7. The number of nitrogens with zero attached hydrogens (tertiary/aromatic N) is 3. The largest absolute Gasteiger partial charge is 0.449 e. The van der Waals surface area contributed by atoms with E-state index in [4.69, 9.17) is 4.74 Å². The molecule has 7 heteroatoms. The fourth-order valence-corrected chi connectivity index (χ4v) is 1.68. The second kappa shape index (κ2) is 5.96. The highest BCUT2D eigenvalue weighted by atomic mass is 16.6. The van der Waals surface area contributed by atoms with E-state index in [1.807, 2.05) is 0 Å². The summed E-state index contributed by atoms with van der Waals surface area (Å²) in [5, 5.41) is 10.5. The van der Waals surface area contributed by atoms with Crippen LogP contribution < -0.4 is 0 Å². The molecule has 1 aromatic heterocycles. The summed E-state index contributed by atoms with van der Waals surface area (Å²) in [6.45, 7) is 1.91. The molecule has 0 saturated carbocycles. The fraction of sp³-hybridized carbons (Fsp3) is 0.231. The molecule has 0 saturated heterocycles. The summed E-state index contributed by atoms with van der Waals surface area (Å²) >= 11 is 0. The number of non-ortho nitro benzene ring substituents is 1. The van der Waals surface area contributed by atoms with Crippen LogP contribution in [0.1, 0.15) is 11.4 Å². The third-order valence-corrected chi connectivity index (χ3v) is 2.79. The van der Waals surface area contributed by atoms with Gasteiger partial charge in [0.05, 0.1) is 11.5 Å². The van der Waals surface area contributed by atoms with Crippen molar-refractivity contribution in [3.8, 4) is 0 Å². The van der Waals surface area contributed by atoms with E-state index in [0.29, 0.717) is 12.2 Å². The number of ether oxygens (including phenoxy) is 1. The van der Waals surface area contributed by atoms with Crippen molar-refractivity contribution in [2.75, 3.05) is 6.61 Å². The predicted molar refractivity (Wildman–Crippen MR) is 70.5 cm³/mol. The Hall–Kier alpha value is -2.70. The van der Waals surface area contributed by atoms with Gasteiger partial charge in [-0.25, -0.2) is 14.3 Å². The molecule has 7 nitrogen and oxygen atoms in total. The predicted octanol–water partition coefficient (Wildman–Crippen LogP) is 2.33. The zero-order valence-electron chi connectivity index (χ0n) is 10.9. The monoisotopic (exact) mass is 275 g/mol. The number of rotatable bonds is 4. The summed E-state index contributed by atoms with van der Waals surface area (Å²) in [5.74, 6) is 0.560. The van der Waals surface area contributed by atoms with Crippen LogP contribution in [0.5, 0.6) is 0 Å². The maximum Gasteiger partial charge on any atom is 0.419 e. The molecule has 1 aromatic carbocycles. The van der Waals surface area contributed by atoms with Gasteiger partial charge in [-0.05, 0) is 12.5 Å². The number of benzene rings is 1. The molecule has 1 heterocycles. The molecule has 0 bridgehead atoms. The van der Waals surface area contributed by atoms with E-state index in [1.165, 1.54) is 29.1 Å². The molecule has 2 aromatic rings. The van der Waals surface area contributed by atoms with E-state index >= 15 is 0 Å². The lowest BCUT2D eigenvalue weighted by atomic mass is 10.1. The molecule has 0 unspecified atom stereocenters. The number of carbonyl (C=O) groups is 1. The lowest BCUT2D eigenvalue weighted by Crippen LogP contribution is -2.15. The summed E-state index contributed by atoms with van der Waals surface area (Å²) in [7, 11) is 0. The highest BCUT2D eigenvalue weighted by Gasteiger charge is 2.09. The number of hydrogen-bond donors (Lipinski definition) is 0. The van der Waals surface area contributed by atoms with Crippen molar-refractivity contribution in [1.82, 2.24) is 9.55 Å². The highest BCUT2D eigenvalue weighted by molar-refractivity contribution is 5.70. The van der Waals surface area contributed by atoms with Crippen LogP contribution in [-0.2, 0) is 11.2 Å². The average molecular weight is 275 g/mol. The molecule has 0 amide bonds. The molecule has 0 aliphatic carbocycles. The van der Waals surface area contributed by atoms with E-state index < -0.39 is 11.0 Å². The van der Waals surface area contributed by atoms with Crippen molar-refractivity contribution in [2.24, 2.45) is 0 Å². The van der Waals surface area contributed by atoms with Crippen molar-refractivity contribution < 1.29 is 14.5 Å². The number of aryl methyl sites for hydroxylation is 1. The number of imidazole rings is 1. The number of aromatic nitrogens is 2. The Morgan fingerprint density at radius 1 is 1.40 bits per heavy atom. The van der Waals surface area contributed by atoms with Gasteiger partial charge in [-0.2, -0.15) is 0 Å². The minimum Gasteiger partial charge on any atom is -0.449 e. The minimum atomic E-state index is -0.484. The van der Waals surface area contributed by atoms with E-state index in [1.54, 1.807) is 19.1 Å². The van der Waals surface area contributed by atoms with Gasteiger partial charge in [0.1, 0.15) is 5.82 Å². The highest BCUT2D eigenvalue weighted by Crippen LogP contribution is 2.12. The van der Waals surface area contributed by atoms with Gasteiger partial charge in [0.15, 0.2) is 0 Å². The van der Waals surface area contributed by atoms with Gasteiger partial charge in [0.25, 0.3) is 5.69 Å². The van der Waals surface area contributed by atoms with Gasteiger partial charge in [0, 0.05) is 30.9 Å². The number of nitro benzene ring substituents is 1. The van der Waals surface area contributed by atoms with Crippen molar-refractivity contribution >= 4 is 11.8 Å². The first kappa shape index (κ1) is 13.7. The van der Waals surface area contributed by atoms with E-state index in [9.17, 15) is 14.9 Å². The second-order valence-electron chi connectivity index (χ2n) is 4.13. The van der Waals surface area contributed by atoms with Crippen LogP contribution in [0.2, 0.25) is 0 Å².